The summed E-state index contributed by atoms with van der Waals surface area (Å²) < 4.78 is 0. The molecule has 0 aromatic carbocycles. The number of H-pyrrole nitrogens is 1. The molecule has 1 heterocycles. The number of nitrogens with one attached hydrogen (secondary N) is 1. The second kappa shape index (κ2) is 3.13. The van der Waals surface area contributed by atoms with Gasteiger partial charge in [0.15, 0.2) is 0 Å². The molecule has 2 nitrogen and oxygen atoms in total. The van der Waals surface area contributed by atoms with Gasteiger partial charge < -0.3 is 4.98 Å². The van der Waals surface area contributed by atoms with Crippen LogP contribution in [0.4, 0.5) is 0 Å². The number of aryl methyl sites for hydroxylation is 2. The van der Waals surface area contributed by atoms with Crippen molar-refractivity contribution in [1.82, 2.24) is 4.98 Å². The van der Waals surface area contributed by atoms with E-state index in [0.717, 1.165) is 16.8 Å². The first kappa shape index (κ1) is 9.04. The molecule has 0 aliphatic carbocycles. The van der Waals surface area contributed by atoms with Crippen LogP contribution in [-0.4, -0.2) is 4.98 Å². The van der Waals surface area contributed by atoms with E-state index in [-0.39, 0.29) is 5.56 Å². The molecule has 0 unspecified atom stereocenters. The van der Waals surface area contributed by atoms with E-state index < -0.39 is 0 Å². The van der Waals surface area contributed by atoms with Gasteiger partial charge in [-0.1, -0.05) is 13.8 Å². The molecule has 12 heavy (non-hydrogen) atoms. The van der Waals surface area contributed by atoms with Crippen LogP contribution in [0, 0.1) is 13.8 Å². The monoisotopic (exact) mass is 165 g/mol. The highest BCUT2D eigenvalue weighted by atomic mass is 16.1. The van der Waals surface area contributed by atoms with Crippen molar-refractivity contribution in [2.45, 2.75) is 33.6 Å². The zero-order valence-corrected chi connectivity index (χ0v) is 8.06. The molecular weight excluding hydrogens is 150 g/mol. The van der Waals surface area contributed by atoms with Crippen LogP contribution < -0.4 is 5.56 Å². The summed E-state index contributed by atoms with van der Waals surface area (Å²) in [6.07, 6.45) is 0. The van der Waals surface area contributed by atoms with E-state index in [4.69, 9.17) is 0 Å². The minimum Gasteiger partial charge on any atom is -0.326 e. The first-order valence-corrected chi connectivity index (χ1v) is 4.22. The van der Waals surface area contributed by atoms with Gasteiger partial charge in [0.1, 0.15) is 0 Å². The van der Waals surface area contributed by atoms with Gasteiger partial charge in [-0.25, -0.2) is 0 Å². The Morgan fingerprint density at radius 3 is 2.33 bits per heavy atom. The molecule has 0 aliphatic rings. The summed E-state index contributed by atoms with van der Waals surface area (Å²) in [5.41, 5.74) is 2.98. The van der Waals surface area contributed by atoms with Crippen LogP contribution in [0.5, 0.6) is 0 Å². The van der Waals surface area contributed by atoms with E-state index in [2.05, 4.69) is 4.98 Å². The fourth-order valence-corrected chi connectivity index (χ4v) is 1.58. The van der Waals surface area contributed by atoms with Crippen LogP contribution in [-0.2, 0) is 0 Å². The first-order valence-electron chi connectivity index (χ1n) is 4.22. The molecule has 1 aromatic rings. The molecule has 1 N–H and O–H groups in total. The Labute approximate surface area is 72.6 Å². The van der Waals surface area contributed by atoms with Crippen LogP contribution in [0.25, 0.3) is 0 Å². The van der Waals surface area contributed by atoms with Crippen molar-refractivity contribution in [2.75, 3.05) is 0 Å². The molecule has 0 fully saturated rings. The van der Waals surface area contributed by atoms with Crippen LogP contribution in [0.15, 0.2) is 10.9 Å². The van der Waals surface area contributed by atoms with Crippen LogP contribution in [0.2, 0.25) is 0 Å². The maximum Gasteiger partial charge on any atom is 0.251 e. The molecule has 0 saturated heterocycles. The van der Waals surface area contributed by atoms with Crippen molar-refractivity contribution in [3.63, 3.8) is 0 Å². The van der Waals surface area contributed by atoms with Gasteiger partial charge in [-0.15, -0.1) is 0 Å². The van der Waals surface area contributed by atoms with Crippen molar-refractivity contribution >= 4 is 0 Å². The molecule has 1 rings (SSSR count). The summed E-state index contributed by atoms with van der Waals surface area (Å²) >= 11 is 0. The topological polar surface area (TPSA) is 32.9 Å². The van der Waals surface area contributed by atoms with E-state index >= 15 is 0 Å². The highest BCUT2D eigenvalue weighted by molar-refractivity contribution is 5.27. The van der Waals surface area contributed by atoms with Crippen LogP contribution in [0.1, 0.15) is 36.6 Å². The Bertz CT molecular complexity index is 336. The molecule has 1 aromatic heterocycles. The Morgan fingerprint density at radius 2 is 1.92 bits per heavy atom. The molecule has 0 spiro atoms. The SMILES string of the molecule is Cc1cc(C)c(C(C)C)c(=O)[nH]1. The summed E-state index contributed by atoms with van der Waals surface area (Å²) in [7, 11) is 0. The zero-order chi connectivity index (χ0) is 9.30. The summed E-state index contributed by atoms with van der Waals surface area (Å²) in [6, 6.07) is 2.01. The Balaban J connectivity index is 3.39. The molecule has 0 saturated carbocycles. The fraction of sp³-hybridized carbons (Fsp3) is 0.500. The van der Waals surface area contributed by atoms with Gasteiger partial charge in [0.25, 0.3) is 5.56 Å². The summed E-state index contributed by atoms with van der Waals surface area (Å²) in [4.78, 5) is 14.3. The fourth-order valence-electron chi connectivity index (χ4n) is 1.58. The smallest absolute Gasteiger partial charge is 0.251 e. The lowest BCUT2D eigenvalue weighted by atomic mass is 10.00. The third kappa shape index (κ3) is 1.58. The number of hydrogen-bond donors (Lipinski definition) is 1. The molecular formula is C10H15NO. The highest BCUT2D eigenvalue weighted by Gasteiger charge is 2.07. The zero-order valence-electron chi connectivity index (χ0n) is 8.06. The van der Waals surface area contributed by atoms with Gasteiger partial charge >= 0.3 is 0 Å². The largest absolute Gasteiger partial charge is 0.326 e. The molecule has 0 bridgehead atoms. The Kier molecular flexibility index (Phi) is 2.36. The van der Waals surface area contributed by atoms with Crippen LogP contribution >= 0.6 is 0 Å². The standard InChI is InChI=1S/C10H15NO/c1-6(2)9-7(3)5-8(4)11-10(9)12/h5-6H,1-4H3,(H,11,12). The lowest BCUT2D eigenvalue weighted by Crippen LogP contribution is -2.16. The average Bonchev–Trinajstić information content (AvgIpc) is 1.82. The molecule has 0 atom stereocenters. The molecule has 2 heteroatoms. The predicted octanol–water partition coefficient (Wildman–Crippen LogP) is 2.12. The normalized spacial score (nSPS) is 10.8. The second-order valence-electron chi connectivity index (χ2n) is 3.53. The summed E-state index contributed by atoms with van der Waals surface area (Å²) in [6.45, 7) is 7.95. The van der Waals surface area contributed by atoms with Gasteiger partial charge in [0, 0.05) is 11.3 Å². The third-order valence-corrected chi connectivity index (χ3v) is 1.99. The molecule has 0 aliphatic heterocycles. The number of pyridine rings is 1. The van der Waals surface area contributed by atoms with Crippen molar-refractivity contribution in [2.24, 2.45) is 0 Å². The lowest BCUT2D eigenvalue weighted by molar-refractivity contribution is 0.828. The molecule has 66 valence electrons. The minimum atomic E-state index is 0.0579. The third-order valence-electron chi connectivity index (χ3n) is 1.99. The quantitative estimate of drug-likeness (QED) is 0.679. The van der Waals surface area contributed by atoms with Gasteiger partial charge in [-0.2, -0.15) is 0 Å². The predicted molar refractivity (Wildman–Crippen MR) is 50.6 cm³/mol. The summed E-state index contributed by atoms with van der Waals surface area (Å²) in [5.74, 6) is 0.300. The van der Waals surface area contributed by atoms with E-state index in [1.165, 1.54) is 0 Å². The molecule has 0 amide bonds. The van der Waals surface area contributed by atoms with Gasteiger partial charge in [0.2, 0.25) is 0 Å². The second-order valence-corrected chi connectivity index (χ2v) is 3.53. The van der Waals surface area contributed by atoms with Crippen molar-refractivity contribution < 1.29 is 0 Å². The first-order chi connectivity index (χ1) is 5.52. The van der Waals surface area contributed by atoms with Crippen molar-refractivity contribution in [3.05, 3.63) is 33.2 Å². The van der Waals surface area contributed by atoms with Crippen molar-refractivity contribution in [3.8, 4) is 0 Å². The number of aromatic nitrogens is 1. The Hall–Kier alpha value is -1.05. The Morgan fingerprint density at radius 1 is 1.33 bits per heavy atom. The van der Waals surface area contributed by atoms with Gasteiger partial charge in [-0.3, -0.25) is 4.79 Å². The van der Waals surface area contributed by atoms with Crippen LogP contribution in [0.3, 0.4) is 0 Å². The maximum atomic E-state index is 11.4. The lowest BCUT2D eigenvalue weighted by Gasteiger charge is -2.08. The average molecular weight is 165 g/mol. The number of aromatic amines is 1. The van der Waals surface area contributed by atoms with E-state index in [1.807, 2.05) is 33.8 Å². The van der Waals surface area contributed by atoms with E-state index in [1.54, 1.807) is 0 Å². The number of rotatable bonds is 1. The number of hydrogen-bond acceptors (Lipinski definition) is 1. The van der Waals surface area contributed by atoms with Gasteiger partial charge in [0.05, 0.1) is 0 Å². The summed E-state index contributed by atoms with van der Waals surface area (Å²) in [5, 5.41) is 0. The van der Waals surface area contributed by atoms with E-state index in [9.17, 15) is 4.79 Å². The minimum absolute atomic E-state index is 0.0579. The van der Waals surface area contributed by atoms with E-state index in [0.29, 0.717) is 5.92 Å². The molecule has 0 radical (unpaired) electrons. The van der Waals surface area contributed by atoms with Crippen molar-refractivity contribution in [1.29, 1.82) is 0 Å². The maximum absolute atomic E-state index is 11.4. The van der Waals surface area contributed by atoms with Gasteiger partial charge in [-0.05, 0) is 31.4 Å². The highest BCUT2D eigenvalue weighted by Crippen LogP contribution is 2.13.